The summed E-state index contributed by atoms with van der Waals surface area (Å²) in [5.41, 5.74) is 5.63. The fourth-order valence-electron chi connectivity index (χ4n) is 3.28. The molecule has 1 amide bonds. The highest BCUT2D eigenvalue weighted by atomic mass is 35.5. The third-order valence-electron chi connectivity index (χ3n) is 4.42. The molecular formula is C14H29Cl2N3O2. The number of nitrogens with one attached hydrogen (secondary N) is 1. The van der Waals surface area contributed by atoms with E-state index in [-0.39, 0.29) is 42.7 Å². The first-order valence-corrected chi connectivity index (χ1v) is 7.51. The number of halogens is 2. The van der Waals surface area contributed by atoms with Gasteiger partial charge in [-0.05, 0) is 12.8 Å². The van der Waals surface area contributed by atoms with Crippen molar-refractivity contribution in [2.24, 2.45) is 11.1 Å². The Labute approximate surface area is 140 Å². The molecule has 126 valence electrons. The van der Waals surface area contributed by atoms with Crippen LogP contribution < -0.4 is 11.1 Å². The van der Waals surface area contributed by atoms with E-state index in [4.69, 9.17) is 10.5 Å². The van der Waals surface area contributed by atoms with Crippen LogP contribution in [0.25, 0.3) is 0 Å². The van der Waals surface area contributed by atoms with Crippen LogP contribution in [0, 0.1) is 5.41 Å². The van der Waals surface area contributed by atoms with Crippen molar-refractivity contribution < 1.29 is 9.53 Å². The average Bonchev–Trinajstić information content (AvgIpc) is 2.47. The molecule has 2 rings (SSSR count). The molecule has 1 saturated heterocycles. The van der Waals surface area contributed by atoms with Crippen molar-refractivity contribution in [1.29, 1.82) is 0 Å². The minimum absolute atomic E-state index is 0. The van der Waals surface area contributed by atoms with E-state index < -0.39 is 0 Å². The van der Waals surface area contributed by atoms with Crippen molar-refractivity contribution in [3.63, 3.8) is 0 Å². The Morgan fingerprint density at radius 1 is 1.14 bits per heavy atom. The number of morpholine rings is 1. The summed E-state index contributed by atoms with van der Waals surface area (Å²) in [4.78, 5) is 13.9. The molecule has 1 saturated carbocycles. The quantitative estimate of drug-likeness (QED) is 0.788. The van der Waals surface area contributed by atoms with Gasteiger partial charge < -0.3 is 15.8 Å². The lowest BCUT2D eigenvalue weighted by atomic mass is 9.73. The van der Waals surface area contributed by atoms with Gasteiger partial charge >= 0.3 is 0 Å². The SMILES string of the molecule is Cl.Cl.NCC(=O)NCC1(CN2CCOCC2)CCCCC1. The van der Waals surface area contributed by atoms with Crippen molar-refractivity contribution in [3.8, 4) is 0 Å². The Kier molecular flexibility index (Phi) is 10.6. The molecule has 1 aliphatic carbocycles. The van der Waals surface area contributed by atoms with Crippen LogP contribution in [0.1, 0.15) is 32.1 Å². The summed E-state index contributed by atoms with van der Waals surface area (Å²) in [5.74, 6) is -0.0353. The molecule has 0 aromatic rings. The van der Waals surface area contributed by atoms with Crippen LogP contribution in [-0.2, 0) is 9.53 Å². The van der Waals surface area contributed by atoms with E-state index in [9.17, 15) is 4.79 Å². The molecule has 0 aromatic heterocycles. The van der Waals surface area contributed by atoms with Gasteiger partial charge in [0.2, 0.25) is 5.91 Å². The lowest BCUT2D eigenvalue weighted by molar-refractivity contribution is -0.120. The van der Waals surface area contributed by atoms with Gasteiger partial charge in [0, 0.05) is 31.6 Å². The summed E-state index contributed by atoms with van der Waals surface area (Å²) in [6, 6.07) is 0. The molecule has 0 unspecified atom stereocenters. The van der Waals surface area contributed by atoms with Crippen LogP contribution in [-0.4, -0.2) is 56.7 Å². The van der Waals surface area contributed by atoms with Gasteiger partial charge in [-0.1, -0.05) is 19.3 Å². The summed E-state index contributed by atoms with van der Waals surface area (Å²) >= 11 is 0. The first-order valence-electron chi connectivity index (χ1n) is 7.51. The fraction of sp³-hybridized carbons (Fsp3) is 0.929. The van der Waals surface area contributed by atoms with Crippen LogP contribution in [0.5, 0.6) is 0 Å². The van der Waals surface area contributed by atoms with Gasteiger partial charge in [0.05, 0.1) is 19.8 Å². The molecule has 7 heteroatoms. The Bertz CT molecular complexity index is 294. The number of nitrogens with zero attached hydrogens (tertiary/aromatic N) is 1. The number of nitrogens with two attached hydrogens (primary N) is 1. The zero-order chi connectivity index (χ0) is 13.6. The maximum Gasteiger partial charge on any atom is 0.233 e. The largest absolute Gasteiger partial charge is 0.379 e. The number of rotatable bonds is 5. The number of carbonyl (C=O) groups is 1. The highest BCUT2D eigenvalue weighted by Gasteiger charge is 2.34. The van der Waals surface area contributed by atoms with Gasteiger partial charge in [0.1, 0.15) is 0 Å². The van der Waals surface area contributed by atoms with Crippen LogP contribution >= 0.6 is 24.8 Å². The molecule has 1 heterocycles. The van der Waals surface area contributed by atoms with Gasteiger partial charge in [-0.3, -0.25) is 9.69 Å². The Morgan fingerprint density at radius 2 is 1.76 bits per heavy atom. The van der Waals surface area contributed by atoms with Gasteiger partial charge in [0.25, 0.3) is 0 Å². The maximum absolute atomic E-state index is 11.4. The molecule has 0 radical (unpaired) electrons. The van der Waals surface area contributed by atoms with E-state index in [1.165, 1.54) is 32.1 Å². The minimum Gasteiger partial charge on any atom is -0.379 e. The lowest BCUT2D eigenvalue weighted by Gasteiger charge is -2.42. The van der Waals surface area contributed by atoms with Crippen molar-refractivity contribution in [1.82, 2.24) is 10.2 Å². The van der Waals surface area contributed by atoms with Gasteiger partial charge in [0.15, 0.2) is 0 Å². The Balaban J connectivity index is 0.00000200. The molecule has 0 bridgehead atoms. The Hall–Kier alpha value is -0.0700. The summed E-state index contributed by atoms with van der Waals surface area (Å²) in [6.45, 7) is 5.67. The van der Waals surface area contributed by atoms with Crippen molar-refractivity contribution in [2.45, 2.75) is 32.1 Å². The zero-order valence-electron chi connectivity index (χ0n) is 12.6. The van der Waals surface area contributed by atoms with E-state index in [0.717, 1.165) is 39.4 Å². The van der Waals surface area contributed by atoms with E-state index >= 15 is 0 Å². The molecule has 0 aromatic carbocycles. The van der Waals surface area contributed by atoms with Gasteiger partial charge in [-0.2, -0.15) is 0 Å². The molecule has 0 spiro atoms. The topological polar surface area (TPSA) is 67.6 Å². The van der Waals surface area contributed by atoms with Crippen LogP contribution in [0.15, 0.2) is 0 Å². The van der Waals surface area contributed by atoms with Crippen molar-refractivity contribution in [2.75, 3.05) is 45.9 Å². The first-order chi connectivity index (χ1) is 9.24. The maximum atomic E-state index is 11.4. The molecule has 5 nitrogen and oxygen atoms in total. The summed E-state index contributed by atoms with van der Waals surface area (Å²) in [7, 11) is 0. The predicted octanol–water partition coefficient (Wildman–Crippen LogP) is 1.19. The van der Waals surface area contributed by atoms with Gasteiger partial charge in [-0.25, -0.2) is 0 Å². The molecule has 21 heavy (non-hydrogen) atoms. The molecular weight excluding hydrogens is 313 g/mol. The highest BCUT2D eigenvalue weighted by Crippen LogP contribution is 2.36. The van der Waals surface area contributed by atoms with Crippen molar-refractivity contribution >= 4 is 30.7 Å². The van der Waals surface area contributed by atoms with Crippen LogP contribution in [0.2, 0.25) is 0 Å². The number of carbonyl (C=O) groups excluding carboxylic acids is 1. The van der Waals surface area contributed by atoms with E-state index in [2.05, 4.69) is 10.2 Å². The number of hydrogen-bond acceptors (Lipinski definition) is 4. The number of hydrogen-bond donors (Lipinski definition) is 2. The normalized spacial score (nSPS) is 21.8. The number of amides is 1. The van der Waals surface area contributed by atoms with E-state index in [0.29, 0.717) is 0 Å². The molecule has 2 fully saturated rings. The third kappa shape index (κ3) is 6.70. The highest BCUT2D eigenvalue weighted by molar-refractivity contribution is 5.85. The second-order valence-electron chi connectivity index (χ2n) is 5.93. The average molecular weight is 342 g/mol. The first kappa shape index (κ1) is 20.9. The Morgan fingerprint density at radius 3 is 2.33 bits per heavy atom. The monoisotopic (exact) mass is 341 g/mol. The zero-order valence-corrected chi connectivity index (χ0v) is 14.3. The molecule has 2 aliphatic rings. The summed E-state index contributed by atoms with van der Waals surface area (Å²) in [5, 5.41) is 3.01. The lowest BCUT2D eigenvalue weighted by Crippen LogP contribution is -2.50. The van der Waals surface area contributed by atoms with E-state index in [1.807, 2.05) is 0 Å². The molecule has 3 N–H and O–H groups in total. The van der Waals surface area contributed by atoms with Gasteiger partial charge in [-0.15, -0.1) is 24.8 Å². The van der Waals surface area contributed by atoms with Crippen molar-refractivity contribution in [3.05, 3.63) is 0 Å². The standard InChI is InChI=1S/C14H27N3O2.2ClH/c15-10-13(18)16-11-14(4-2-1-3-5-14)12-17-6-8-19-9-7-17;;/h1-12,15H2,(H,16,18);2*1H. The smallest absolute Gasteiger partial charge is 0.233 e. The second kappa shape index (κ2) is 10.6. The van der Waals surface area contributed by atoms with Crippen LogP contribution in [0.4, 0.5) is 0 Å². The predicted molar refractivity (Wildman–Crippen MR) is 89.3 cm³/mol. The minimum atomic E-state index is -0.0353. The molecule has 1 aliphatic heterocycles. The molecule has 0 atom stereocenters. The summed E-state index contributed by atoms with van der Waals surface area (Å²) in [6.07, 6.45) is 6.33. The van der Waals surface area contributed by atoms with E-state index in [1.54, 1.807) is 0 Å². The summed E-state index contributed by atoms with van der Waals surface area (Å²) < 4.78 is 5.41. The number of ether oxygens (including phenoxy) is 1. The second-order valence-corrected chi connectivity index (χ2v) is 5.93. The van der Waals surface area contributed by atoms with Crippen LogP contribution in [0.3, 0.4) is 0 Å². The third-order valence-corrected chi connectivity index (χ3v) is 4.42. The fourth-order valence-corrected chi connectivity index (χ4v) is 3.28.